The van der Waals surface area contributed by atoms with Gasteiger partial charge in [-0.15, -0.1) is 0 Å². The fourth-order valence-corrected chi connectivity index (χ4v) is 3.59. The van der Waals surface area contributed by atoms with Crippen molar-refractivity contribution in [2.24, 2.45) is 0 Å². The van der Waals surface area contributed by atoms with Crippen LogP contribution in [0.3, 0.4) is 0 Å². The van der Waals surface area contributed by atoms with Crippen molar-refractivity contribution in [3.05, 3.63) is 96.1 Å². The summed E-state index contributed by atoms with van der Waals surface area (Å²) in [6.07, 6.45) is 0. The van der Waals surface area contributed by atoms with Crippen LogP contribution >= 0.6 is 0 Å². The molecule has 0 aliphatic carbocycles. The van der Waals surface area contributed by atoms with E-state index in [4.69, 9.17) is 4.74 Å². The van der Waals surface area contributed by atoms with Crippen molar-refractivity contribution in [2.45, 2.75) is 19.1 Å². The van der Waals surface area contributed by atoms with E-state index in [0.29, 0.717) is 6.54 Å². The summed E-state index contributed by atoms with van der Waals surface area (Å²) in [4.78, 5) is 17.1. The van der Waals surface area contributed by atoms with Gasteiger partial charge in [-0.05, 0) is 35.4 Å². The predicted octanol–water partition coefficient (Wildman–Crippen LogP) is 4.11. The molecule has 1 fully saturated rings. The number of benzene rings is 3. The summed E-state index contributed by atoms with van der Waals surface area (Å²) in [7, 11) is 1.64. The summed E-state index contributed by atoms with van der Waals surface area (Å²) in [6.45, 7) is 2.20. The highest BCUT2D eigenvalue weighted by Crippen LogP contribution is 2.28. The zero-order valence-corrected chi connectivity index (χ0v) is 16.0. The minimum absolute atomic E-state index is 0.109. The van der Waals surface area contributed by atoms with Crippen molar-refractivity contribution in [3.8, 4) is 5.75 Å². The third-order valence-corrected chi connectivity index (χ3v) is 5.19. The molecule has 142 valence electrons. The van der Waals surface area contributed by atoms with Gasteiger partial charge in [-0.3, -0.25) is 9.69 Å². The molecule has 0 bridgehead atoms. The molecule has 1 aliphatic heterocycles. The number of anilines is 1. The van der Waals surface area contributed by atoms with Crippen LogP contribution in [0.1, 0.15) is 11.1 Å². The number of β-lactam (4-membered cyclic amide) rings is 1. The Labute approximate surface area is 166 Å². The van der Waals surface area contributed by atoms with E-state index in [2.05, 4.69) is 29.2 Å². The van der Waals surface area contributed by atoms with Crippen LogP contribution in [0.4, 0.5) is 5.69 Å². The largest absolute Gasteiger partial charge is 0.497 e. The zero-order chi connectivity index (χ0) is 19.3. The van der Waals surface area contributed by atoms with Gasteiger partial charge in [0.15, 0.2) is 0 Å². The standard InChI is InChI=1S/C24H24N2O2/c1-28-22-14-12-21(13-15-22)26-18-23(24(26)27)25(16-19-8-4-2-5-9-19)17-20-10-6-3-7-11-20/h2-15,23H,16-18H2,1H3. The Morgan fingerprint density at radius 2 is 1.39 bits per heavy atom. The fourth-order valence-electron chi connectivity index (χ4n) is 3.59. The van der Waals surface area contributed by atoms with Crippen molar-refractivity contribution in [3.63, 3.8) is 0 Å². The molecule has 4 nitrogen and oxygen atoms in total. The maximum atomic E-state index is 13.0. The Hall–Kier alpha value is -3.11. The van der Waals surface area contributed by atoms with Gasteiger partial charge in [-0.1, -0.05) is 60.7 Å². The summed E-state index contributed by atoms with van der Waals surface area (Å²) >= 11 is 0. The first-order valence-electron chi connectivity index (χ1n) is 9.52. The molecule has 4 heteroatoms. The van der Waals surface area contributed by atoms with Gasteiger partial charge in [0.1, 0.15) is 11.8 Å². The molecule has 0 spiro atoms. The maximum Gasteiger partial charge on any atom is 0.246 e. The number of ether oxygens (including phenoxy) is 1. The predicted molar refractivity (Wildman–Crippen MR) is 111 cm³/mol. The van der Waals surface area contributed by atoms with E-state index in [-0.39, 0.29) is 11.9 Å². The Bertz CT molecular complexity index is 869. The average Bonchev–Trinajstić information content (AvgIpc) is 2.74. The molecule has 1 unspecified atom stereocenters. The van der Waals surface area contributed by atoms with Crippen molar-refractivity contribution < 1.29 is 9.53 Å². The van der Waals surface area contributed by atoms with Gasteiger partial charge in [0.05, 0.1) is 13.7 Å². The first kappa shape index (κ1) is 18.3. The Balaban J connectivity index is 1.50. The Kier molecular flexibility index (Phi) is 5.40. The third-order valence-electron chi connectivity index (χ3n) is 5.19. The van der Waals surface area contributed by atoms with Crippen molar-refractivity contribution in [1.82, 2.24) is 4.90 Å². The van der Waals surface area contributed by atoms with E-state index in [1.54, 1.807) is 7.11 Å². The lowest BCUT2D eigenvalue weighted by atomic mass is 10.0. The second-order valence-corrected chi connectivity index (χ2v) is 7.04. The SMILES string of the molecule is COc1ccc(N2CC(N(Cc3ccccc3)Cc3ccccc3)C2=O)cc1. The number of rotatable bonds is 7. The molecule has 1 saturated heterocycles. The van der Waals surface area contributed by atoms with Crippen molar-refractivity contribution in [2.75, 3.05) is 18.6 Å². The van der Waals surface area contributed by atoms with Crippen LogP contribution in [0.2, 0.25) is 0 Å². The van der Waals surface area contributed by atoms with Crippen LogP contribution in [0, 0.1) is 0 Å². The van der Waals surface area contributed by atoms with Crippen LogP contribution in [0.15, 0.2) is 84.9 Å². The van der Waals surface area contributed by atoms with Gasteiger partial charge in [0, 0.05) is 18.8 Å². The lowest BCUT2D eigenvalue weighted by Crippen LogP contribution is -2.63. The lowest BCUT2D eigenvalue weighted by molar-refractivity contribution is -0.129. The van der Waals surface area contributed by atoms with Gasteiger partial charge in [0.2, 0.25) is 5.91 Å². The first-order chi connectivity index (χ1) is 13.7. The van der Waals surface area contributed by atoms with Crippen LogP contribution in [-0.2, 0) is 17.9 Å². The Morgan fingerprint density at radius 3 is 1.86 bits per heavy atom. The number of hydrogen-bond acceptors (Lipinski definition) is 3. The number of amides is 1. The van der Waals surface area contributed by atoms with E-state index in [1.807, 2.05) is 65.6 Å². The molecule has 1 amide bonds. The van der Waals surface area contributed by atoms with Crippen LogP contribution < -0.4 is 9.64 Å². The molecule has 28 heavy (non-hydrogen) atoms. The molecule has 1 atom stereocenters. The molecule has 3 aromatic rings. The number of methoxy groups -OCH3 is 1. The first-order valence-corrected chi connectivity index (χ1v) is 9.52. The van der Waals surface area contributed by atoms with Gasteiger partial charge in [0.25, 0.3) is 0 Å². The zero-order valence-electron chi connectivity index (χ0n) is 16.0. The highest BCUT2D eigenvalue weighted by atomic mass is 16.5. The molecular weight excluding hydrogens is 348 g/mol. The molecule has 4 rings (SSSR count). The summed E-state index contributed by atoms with van der Waals surface area (Å²) in [5.41, 5.74) is 3.35. The highest BCUT2D eigenvalue weighted by molar-refractivity contribution is 6.04. The van der Waals surface area contributed by atoms with E-state index in [1.165, 1.54) is 11.1 Å². The number of nitrogens with zero attached hydrogens (tertiary/aromatic N) is 2. The summed E-state index contributed by atoms with van der Waals surface area (Å²) < 4.78 is 5.21. The van der Waals surface area contributed by atoms with Crippen molar-refractivity contribution in [1.29, 1.82) is 0 Å². The fraction of sp³-hybridized carbons (Fsp3) is 0.208. The molecule has 0 N–H and O–H groups in total. The molecule has 0 aromatic heterocycles. The van der Waals surface area contributed by atoms with Gasteiger partial charge < -0.3 is 9.64 Å². The smallest absolute Gasteiger partial charge is 0.246 e. The van der Waals surface area contributed by atoms with E-state index >= 15 is 0 Å². The van der Waals surface area contributed by atoms with Gasteiger partial charge >= 0.3 is 0 Å². The maximum absolute atomic E-state index is 13.0. The van der Waals surface area contributed by atoms with E-state index < -0.39 is 0 Å². The minimum Gasteiger partial charge on any atom is -0.497 e. The summed E-state index contributed by atoms with van der Waals surface area (Å²) in [5, 5.41) is 0. The third kappa shape index (κ3) is 3.92. The summed E-state index contributed by atoms with van der Waals surface area (Å²) in [5.74, 6) is 0.945. The number of carbonyl (C=O) groups excluding carboxylic acids is 1. The topological polar surface area (TPSA) is 32.8 Å². The van der Waals surface area contributed by atoms with Crippen LogP contribution in [0.25, 0.3) is 0 Å². The molecule has 0 saturated carbocycles. The second-order valence-electron chi connectivity index (χ2n) is 7.04. The van der Waals surface area contributed by atoms with Crippen molar-refractivity contribution >= 4 is 11.6 Å². The quantitative estimate of drug-likeness (QED) is 0.585. The van der Waals surface area contributed by atoms with Crippen LogP contribution in [-0.4, -0.2) is 30.5 Å². The molecular formula is C24H24N2O2. The highest BCUT2D eigenvalue weighted by Gasteiger charge is 2.41. The van der Waals surface area contributed by atoms with E-state index in [9.17, 15) is 4.79 Å². The monoisotopic (exact) mass is 372 g/mol. The van der Waals surface area contributed by atoms with E-state index in [0.717, 1.165) is 24.5 Å². The van der Waals surface area contributed by atoms with Gasteiger partial charge in [-0.25, -0.2) is 0 Å². The Morgan fingerprint density at radius 1 is 0.857 bits per heavy atom. The average molecular weight is 372 g/mol. The number of hydrogen-bond donors (Lipinski definition) is 0. The van der Waals surface area contributed by atoms with Gasteiger partial charge in [-0.2, -0.15) is 0 Å². The molecule has 3 aromatic carbocycles. The number of carbonyl (C=O) groups is 1. The second kappa shape index (κ2) is 8.28. The van der Waals surface area contributed by atoms with Crippen LogP contribution in [0.5, 0.6) is 5.75 Å². The molecule has 1 aliphatic rings. The lowest BCUT2D eigenvalue weighted by Gasteiger charge is -2.44. The molecule has 0 radical (unpaired) electrons. The normalized spacial score (nSPS) is 16.1. The molecule has 1 heterocycles. The minimum atomic E-state index is -0.109. The summed E-state index contributed by atoms with van der Waals surface area (Å²) in [6, 6.07) is 28.2.